The summed E-state index contributed by atoms with van der Waals surface area (Å²) in [5.41, 5.74) is 0.717. The Morgan fingerprint density at radius 2 is 1.81 bits per heavy atom. The number of hydrogen-bond donors (Lipinski definition) is 2. The van der Waals surface area contributed by atoms with E-state index < -0.39 is 15.9 Å². The fourth-order valence-electron chi connectivity index (χ4n) is 1.92. The number of sulfone groups is 1. The molecule has 2 N–H and O–H groups in total. The van der Waals surface area contributed by atoms with Crippen LogP contribution >= 0.6 is 0 Å². The summed E-state index contributed by atoms with van der Waals surface area (Å²) in [4.78, 5) is 2.39. The third kappa shape index (κ3) is 6.56. The fraction of sp³-hybridized carbons (Fsp3) is 0.600. The Kier molecular flexibility index (Phi) is 6.80. The summed E-state index contributed by atoms with van der Waals surface area (Å²) in [5, 5.41) is 13.4. The predicted octanol–water partition coefficient (Wildman–Crippen LogP) is 1.05. The standard InChI is InChI=1S/C15H26N2O3S/c1-12(9-10-17(2)3)16-11-15(18)13-5-7-14(8-6-13)21(4,19)20/h5-8,12,15-16,18H,9-11H2,1-4H3. The third-order valence-corrected chi connectivity index (χ3v) is 4.49. The SMILES string of the molecule is CC(CCN(C)C)NCC(O)c1ccc(S(C)(=O)=O)cc1. The lowest BCUT2D eigenvalue weighted by Crippen LogP contribution is -2.33. The van der Waals surface area contributed by atoms with Gasteiger partial charge in [-0.05, 0) is 51.7 Å². The van der Waals surface area contributed by atoms with E-state index >= 15 is 0 Å². The third-order valence-electron chi connectivity index (χ3n) is 3.36. The zero-order valence-electron chi connectivity index (χ0n) is 13.2. The Labute approximate surface area is 127 Å². The molecule has 1 aromatic carbocycles. The Morgan fingerprint density at radius 3 is 2.29 bits per heavy atom. The molecule has 0 saturated carbocycles. The minimum absolute atomic E-state index is 0.269. The topological polar surface area (TPSA) is 69.6 Å². The van der Waals surface area contributed by atoms with Gasteiger partial charge in [0.25, 0.3) is 0 Å². The number of aliphatic hydroxyl groups excluding tert-OH is 1. The summed E-state index contributed by atoms with van der Waals surface area (Å²) >= 11 is 0. The van der Waals surface area contributed by atoms with Gasteiger partial charge in [0.1, 0.15) is 0 Å². The lowest BCUT2D eigenvalue weighted by molar-refractivity contribution is 0.169. The maximum absolute atomic E-state index is 11.4. The summed E-state index contributed by atoms with van der Waals surface area (Å²) in [6.07, 6.45) is 1.54. The molecule has 120 valence electrons. The molecular weight excluding hydrogens is 288 g/mol. The van der Waals surface area contributed by atoms with Crippen LogP contribution in [0.4, 0.5) is 0 Å². The van der Waals surface area contributed by atoms with E-state index in [1.54, 1.807) is 12.1 Å². The zero-order valence-corrected chi connectivity index (χ0v) is 14.0. The normalized spacial score (nSPS) is 15.1. The molecule has 0 aliphatic rings. The van der Waals surface area contributed by atoms with Gasteiger partial charge in [0, 0.05) is 18.8 Å². The van der Waals surface area contributed by atoms with Gasteiger partial charge in [0.05, 0.1) is 11.0 Å². The van der Waals surface area contributed by atoms with Crippen LogP contribution in [0.15, 0.2) is 29.2 Å². The van der Waals surface area contributed by atoms with Gasteiger partial charge in [-0.1, -0.05) is 12.1 Å². The van der Waals surface area contributed by atoms with Crippen LogP contribution in [0, 0.1) is 0 Å². The van der Waals surface area contributed by atoms with Crippen molar-refractivity contribution in [3.63, 3.8) is 0 Å². The van der Waals surface area contributed by atoms with Crippen molar-refractivity contribution in [2.24, 2.45) is 0 Å². The van der Waals surface area contributed by atoms with Crippen LogP contribution in [0.25, 0.3) is 0 Å². The second-order valence-corrected chi connectivity index (χ2v) is 7.77. The second-order valence-electron chi connectivity index (χ2n) is 5.76. The molecule has 6 heteroatoms. The molecule has 0 aliphatic heterocycles. The molecule has 21 heavy (non-hydrogen) atoms. The highest BCUT2D eigenvalue weighted by molar-refractivity contribution is 7.90. The summed E-state index contributed by atoms with van der Waals surface area (Å²) in [5.74, 6) is 0. The molecule has 0 amide bonds. The van der Waals surface area contributed by atoms with E-state index in [0.29, 0.717) is 12.6 Å². The van der Waals surface area contributed by atoms with Crippen molar-refractivity contribution in [2.45, 2.75) is 30.4 Å². The summed E-state index contributed by atoms with van der Waals surface area (Å²) in [6.45, 7) is 3.53. The summed E-state index contributed by atoms with van der Waals surface area (Å²) in [6, 6.07) is 6.70. The van der Waals surface area contributed by atoms with E-state index in [-0.39, 0.29) is 4.90 Å². The molecule has 2 atom stereocenters. The first-order valence-electron chi connectivity index (χ1n) is 7.06. The Morgan fingerprint density at radius 1 is 1.24 bits per heavy atom. The van der Waals surface area contributed by atoms with E-state index in [0.717, 1.165) is 18.5 Å². The highest BCUT2D eigenvalue weighted by atomic mass is 32.2. The second kappa shape index (κ2) is 7.89. The van der Waals surface area contributed by atoms with Crippen LogP contribution in [0.3, 0.4) is 0 Å². The molecule has 0 bridgehead atoms. The van der Waals surface area contributed by atoms with Crippen molar-refractivity contribution >= 4 is 9.84 Å². The zero-order chi connectivity index (χ0) is 16.0. The number of rotatable bonds is 8. The van der Waals surface area contributed by atoms with Crippen molar-refractivity contribution in [3.8, 4) is 0 Å². The van der Waals surface area contributed by atoms with Crippen LogP contribution in [0.2, 0.25) is 0 Å². The first-order chi connectivity index (χ1) is 9.70. The average molecular weight is 314 g/mol. The monoisotopic (exact) mass is 314 g/mol. The molecule has 0 spiro atoms. The Hall–Kier alpha value is -0.950. The molecule has 0 fully saturated rings. The number of hydrogen-bond acceptors (Lipinski definition) is 5. The van der Waals surface area contributed by atoms with Crippen molar-refractivity contribution in [3.05, 3.63) is 29.8 Å². The fourth-order valence-corrected chi connectivity index (χ4v) is 2.55. The molecule has 0 radical (unpaired) electrons. The molecule has 0 saturated heterocycles. The van der Waals surface area contributed by atoms with E-state index in [2.05, 4.69) is 17.1 Å². The van der Waals surface area contributed by atoms with Gasteiger partial charge in [-0.2, -0.15) is 0 Å². The molecule has 1 aromatic rings. The van der Waals surface area contributed by atoms with Gasteiger partial charge in [0.2, 0.25) is 0 Å². The van der Waals surface area contributed by atoms with Gasteiger partial charge < -0.3 is 15.3 Å². The van der Waals surface area contributed by atoms with Crippen molar-refractivity contribution in [2.75, 3.05) is 33.4 Å². The van der Waals surface area contributed by atoms with Gasteiger partial charge >= 0.3 is 0 Å². The molecule has 0 heterocycles. The van der Waals surface area contributed by atoms with E-state index in [1.807, 2.05) is 14.1 Å². The molecule has 0 aliphatic carbocycles. The van der Waals surface area contributed by atoms with Gasteiger partial charge in [-0.3, -0.25) is 0 Å². The first kappa shape index (κ1) is 18.1. The smallest absolute Gasteiger partial charge is 0.175 e. The van der Waals surface area contributed by atoms with Crippen LogP contribution < -0.4 is 5.32 Å². The van der Waals surface area contributed by atoms with Crippen molar-refractivity contribution < 1.29 is 13.5 Å². The van der Waals surface area contributed by atoms with E-state index in [4.69, 9.17) is 0 Å². The largest absolute Gasteiger partial charge is 0.387 e. The lowest BCUT2D eigenvalue weighted by Gasteiger charge is -2.19. The molecule has 5 nitrogen and oxygen atoms in total. The maximum atomic E-state index is 11.4. The number of benzene rings is 1. The molecule has 2 unspecified atom stereocenters. The Balaban J connectivity index is 2.50. The van der Waals surface area contributed by atoms with Crippen LogP contribution in [0.1, 0.15) is 25.0 Å². The van der Waals surface area contributed by atoms with E-state index in [9.17, 15) is 13.5 Å². The average Bonchev–Trinajstić information content (AvgIpc) is 2.41. The first-order valence-corrected chi connectivity index (χ1v) is 8.95. The highest BCUT2D eigenvalue weighted by Gasteiger charge is 2.12. The van der Waals surface area contributed by atoms with Crippen molar-refractivity contribution in [1.82, 2.24) is 10.2 Å². The van der Waals surface area contributed by atoms with Crippen molar-refractivity contribution in [1.29, 1.82) is 0 Å². The predicted molar refractivity (Wildman–Crippen MR) is 85.1 cm³/mol. The molecular formula is C15H26N2O3S. The molecule has 0 aromatic heterocycles. The molecule has 1 rings (SSSR count). The van der Waals surface area contributed by atoms with Gasteiger partial charge in [-0.25, -0.2) is 8.42 Å². The highest BCUT2D eigenvalue weighted by Crippen LogP contribution is 2.16. The summed E-state index contributed by atoms with van der Waals surface area (Å²) < 4.78 is 22.8. The number of aliphatic hydroxyl groups is 1. The summed E-state index contributed by atoms with van der Waals surface area (Å²) in [7, 11) is 0.877. The minimum Gasteiger partial charge on any atom is -0.387 e. The number of nitrogens with one attached hydrogen (secondary N) is 1. The van der Waals surface area contributed by atoms with Gasteiger partial charge in [-0.15, -0.1) is 0 Å². The number of nitrogens with zero attached hydrogens (tertiary/aromatic N) is 1. The van der Waals surface area contributed by atoms with Crippen LogP contribution in [0.5, 0.6) is 0 Å². The minimum atomic E-state index is -3.19. The maximum Gasteiger partial charge on any atom is 0.175 e. The van der Waals surface area contributed by atoms with Crippen LogP contribution in [-0.2, 0) is 9.84 Å². The quantitative estimate of drug-likeness (QED) is 0.751. The Bertz CT molecular complexity index is 526. The van der Waals surface area contributed by atoms with E-state index in [1.165, 1.54) is 18.4 Å². The lowest BCUT2D eigenvalue weighted by atomic mass is 10.1. The van der Waals surface area contributed by atoms with Gasteiger partial charge in [0.15, 0.2) is 9.84 Å². The van der Waals surface area contributed by atoms with Crippen LogP contribution in [-0.4, -0.2) is 57.9 Å².